The number of benzene rings is 2. The van der Waals surface area contributed by atoms with Gasteiger partial charge in [-0.3, -0.25) is 19.0 Å². The number of hydrogen-bond donors (Lipinski definition) is 3. The fourth-order valence-corrected chi connectivity index (χ4v) is 8.48. The summed E-state index contributed by atoms with van der Waals surface area (Å²) in [5.41, 5.74) is 4.99. The van der Waals surface area contributed by atoms with Crippen molar-refractivity contribution in [3.63, 3.8) is 0 Å². The van der Waals surface area contributed by atoms with Crippen molar-refractivity contribution in [1.29, 1.82) is 0 Å². The van der Waals surface area contributed by atoms with Crippen LogP contribution in [0.15, 0.2) is 62.9 Å². The summed E-state index contributed by atoms with van der Waals surface area (Å²) in [5.74, 6) is 0.562. The first-order valence-corrected chi connectivity index (χ1v) is 17.5. The molecular weight excluding hydrogens is 655 g/mol. The predicted molar refractivity (Wildman–Crippen MR) is 185 cm³/mol. The molecule has 264 valence electrons. The van der Waals surface area contributed by atoms with Crippen LogP contribution in [0.4, 0.5) is 4.39 Å². The molecule has 6 aromatic rings. The van der Waals surface area contributed by atoms with E-state index in [0.29, 0.717) is 66.0 Å². The van der Waals surface area contributed by atoms with Crippen LogP contribution in [0, 0.1) is 25.6 Å². The summed E-state index contributed by atoms with van der Waals surface area (Å²) in [7, 11) is 0. The minimum Gasteiger partial charge on any atom is -0.381 e. The van der Waals surface area contributed by atoms with E-state index >= 15 is 0 Å². The molecule has 0 spiro atoms. The quantitative estimate of drug-likeness (QED) is 0.222. The maximum atomic E-state index is 14.7. The van der Waals surface area contributed by atoms with Crippen LogP contribution in [-0.4, -0.2) is 63.8 Å². The molecule has 1 unspecified atom stereocenters. The highest BCUT2D eigenvalue weighted by molar-refractivity contribution is 5.83. The van der Waals surface area contributed by atoms with Gasteiger partial charge in [-0.2, -0.15) is 5.10 Å². The van der Waals surface area contributed by atoms with E-state index < -0.39 is 17.5 Å². The van der Waals surface area contributed by atoms with Crippen molar-refractivity contribution in [1.82, 2.24) is 38.9 Å². The molecule has 14 heteroatoms. The summed E-state index contributed by atoms with van der Waals surface area (Å²) in [5, 5.41) is 22.5. The highest BCUT2D eigenvalue weighted by atomic mass is 19.1. The van der Waals surface area contributed by atoms with E-state index in [1.165, 1.54) is 10.1 Å². The average Bonchev–Trinajstić information content (AvgIpc) is 3.65. The number of imidazole rings is 1. The molecule has 2 aliphatic heterocycles. The number of aryl methyl sites for hydroxylation is 2. The molecule has 51 heavy (non-hydrogen) atoms. The van der Waals surface area contributed by atoms with Gasteiger partial charge in [0.15, 0.2) is 5.82 Å². The minimum absolute atomic E-state index is 0.107. The zero-order valence-electron chi connectivity index (χ0n) is 28.6. The number of H-pyrrole nitrogens is 2. The summed E-state index contributed by atoms with van der Waals surface area (Å²) >= 11 is 0. The van der Waals surface area contributed by atoms with Crippen LogP contribution in [0.1, 0.15) is 77.8 Å². The van der Waals surface area contributed by atoms with Gasteiger partial charge in [-0.25, -0.2) is 18.7 Å². The molecule has 1 saturated carbocycles. The highest BCUT2D eigenvalue weighted by Crippen LogP contribution is 2.56. The summed E-state index contributed by atoms with van der Waals surface area (Å²) in [4.78, 5) is 32.8. The van der Waals surface area contributed by atoms with Gasteiger partial charge in [-0.05, 0) is 92.0 Å². The molecule has 3 aliphatic rings. The van der Waals surface area contributed by atoms with Crippen molar-refractivity contribution in [2.45, 2.75) is 70.7 Å². The molecular formula is C37H39FN8O5. The largest absolute Gasteiger partial charge is 0.438 e. The summed E-state index contributed by atoms with van der Waals surface area (Å²) < 4.78 is 30.7. The molecule has 13 nitrogen and oxygen atoms in total. The lowest BCUT2D eigenvalue weighted by Crippen LogP contribution is -2.37. The van der Waals surface area contributed by atoms with Gasteiger partial charge in [0.2, 0.25) is 0 Å². The Morgan fingerprint density at radius 3 is 2.53 bits per heavy atom. The van der Waals surface area contributed by atoms with Crippen molar-refractivity contribution in [2.75, 3.05) is 19.8 Å². The predicted octanol–water partition coefficient (Wildman–Crippen LogP) is 4.46. The smallest absolute Gasteiger partial charge is 0.381 e. The molecule has 2 fully saturated rings. The second kappa shape index (κ2) is 11.8. The second-order valence-corrected chi connectivity index (χ2v) is 14.4. The number of rotatable bonds is 7. The second-order valence-electron chi connectivity index (χ2n) is 14.4. The van der Waals surface area contributed by atoms with E-state index in [4.69, 9.17) is 14.4 Å². The Bertz CT molecular complexity index is 2400. The van der Waals surface area contributed by atoms with Crippen molar-refractivity contribution in [3.05, 3.63) is 115 Å². The number of ether oxygens (including phenoxy) is 1. The molecule has 4 aromatic heterocycles. The Morgan fingerprint density at radius 2 is 1.86 bits per heavy atom. The Labute approximate surface area is 291 Å². The van der Waals surface area contributed by atoms with Crippen LogP contribution < -0.4 is 11.4 Å². The van der Waals surface area contributed by atoms with E-state index in [9.17, 15) is 19.1 Å². The number of aromatic nitrogens is 7. The minimum atomic E-state index is -1.06. The first kappa shape index (κ1) is 31.9. The molecule has 0 amide bonds. The van der Waals surface area contributed by atoms with Crippen LogP contribution in [0.5, 0.6) is 0 Å². The van der Waals surface area contributed by atoms with Crippen LogP contribution >= 0.6 is 0 Å². The lowest BCUT2D eigenvalue weighted by Gasteiger charge is -2.33. The van der Waals surface area contributed by atoms with Gasteiger partial charge in [0.1, 0.15) is 23.4 Å². The maximum absolute atomic E-state index is 14.7. The summed E-state index contributed by atoms with van der Waals surface area (Å²) in [6.45, 7) is 7.78. The number of fused-ring (bicyclic) bond motifs is 2. The van der Waals surface area contributed by atoms with E-state index in [0.717, 1.165) is 48.2 Å². The number of halogens is 1. The van der Waals surface area contributed by atoms with Crippen molar-refractivity contribution in [3.8, 4) is 11.5 Å². The highest BCUT2D eigenvalue weighted by Gasteiger charge is 2.59. The Morgan fingerprint density at radius 1 is 1.10 bits per heavy atom. The molecule has 2 aromatic carbocycles. The van der Waals surface area contributed by atoms with Crippen LogP contribution in [0.2, 0.25) is 0 Å². The summed E-state index contributed by atoms with van der Waals surface area (Å²) in [6, 6.07) is 12.0. The van der Waals surface area contributed by atoms with Crippen molar-refractivity contribution < 1.29 is 18.8 Å². The van der Waals surface area contributed by atoms with Gasteiger partial charge in [0, 0.05) is 61.6 Å². The van der Waals surface area contributed by atoms with Crippen LogP contribution in [0.25, 0.3) is 22.4 Å². The first-order chi connectivity index (χ1) is 24.6. The molecule has 9 rings (SSSR count). The maximum Gasteiger partial charge on any atom is 0.438 e. The monoisotopic (exact) mass is 694 g/mol. The number of aliphatic hydroxyl groups excluding tert-OH is 1. The zero-order valence-corrected chi connectivity index (χ0v) is 28.6. The third-order valence-electron chi connectivity index (χ3n) is 11.3. The normalized spacial score (nSPS) is 21.7. The molecule has 3 N–H and O–H groups in total. The lowest BCUT2D eigenvalue weighted by atomic mass is 9.91. The van der Waals surface area contributed by atoms with E-state index in [1.807, 2.05) is 11.0 Å². The first-order valence-electron chi connectivity index (χ1n) is 17.5. The van der Waals surface area contributed by atoms with Crippen LogP contribution in [-0.2, 0) is 23.2 Å². The lowest BCUT2D eigenvalue weighted by molar-refractivity contribution is -0.0143. The van der Waals surface area contributed by atoms with Crippen molar-refractivity contribution in [2.24, 2.45) is 5.92 Å². The van der Waals surface area contributed by atoms with Gasteiger partial charge >= 0.3 is 11.4 Å². The van der Waals surface area contributed by atoms with Gasteiger partial charge in [-0.15, -0.1) is 0 Å². The van der Waals surface area contributed by atoms with Gasteiger partial charge < -0.3 is 19.4 Å². The van der Waals surface area contributed by atoms with E-state index in [-0.39, 0.29) is 17.4 Å². The van der Waals surface area contributed by atoms with Crippen LogP contribution in [0.3, 0.4) is 0 Å². The Kier molecular flexibility index (Phi) is 7.35. The third-order valence-corrected chi connectivity index (χ3v) is 11.3. The third kappa shape index (κ3) is 4.99. The molecule has 3 atom stereocenters. The molecule has 0 bridgehead atoms. The topological polar surface area (TPSA) is 152 Å². The van der Waals surface area contributed by atoms with Gasteiger partial charge in [0.25, 0.3) is 0 Å². The van der Waals surface area contributed by atoms with E-state index in [1.54, 1.807) is 43.1 Å². The van der Waals surface area contributed by atoms with Crippen molar-refractivity contribution >= 4 is 10.9 Å². The molecule has 1 aliphatic carbocycles. The average molecular weight is 695 g/mol. The number of hydrogen-bond acceptors (Lipinski definition) is 8. The van der Waals surface area contributed by atoms with Gasteiger partial charge in [-0.1, -0.05) is 18.1 Å². The fraction of sp³-hybridized carbons (Fsp3) is 0.405. The van der Waals surface area contributed by atoms with Gasteiger partial charge in [0.05, 0.1) is 17.1 Å². The molecule has 6 heterocycles. The zero-order chi connectivity index (χ0) is 35.2. The number of aromatic amines is 2. The standard InChI is InChI=1S/C37H39FN8O5/c1-20-14-26(15-21(2)31(20)38)46-32(44-11-9-39-35(44)48)27-19-43(10-6-28(27)41-46)33(47)30-17-25-16-24(23-7-12-50-13-8-23)4-5-29(25)45(30)37(18-22(37)3)34-40-36(49)51-42-34/h4-5,9,11,14-17,22-23,33,47H,6-8,10,12-13,18-19H2,1-3H3,(H,39,48)(H,40,42,49)/t22-,33?,37-/m0/s1. The SMILES string of the molecule is Cc1cc(-n2nc3c(c2-n2cc[nH]c2=O)CN(C(O)c2cc4cc(C5CCOCC5)ccc4n2[C@@]2(c4noc(=O)[nH]4)C[C@@H]2C)CC3)cc(C)c1F. The Hall–Kier alpha value is -5.05. The van der Waals surface area contributed by atoms with E-state index in [2.05, 4.69) is 44.8 Å². The molecule has 1 saturated heterocycles. The fourth-order valence-electron chi connectivity index (χ4n) is 8.48. The number of nitrogens with zero attached hydrogens (tertiary/aromatic N) is 6. The summed E-state index contributed by atoms with van der Waals surface area (Å²) in [6.07, 6.45) is 5.28. The molecule has 0 radical (unpaired) electrons. The number of aliphatic hydroxyl groups is 1. The Balaban J connectivity index is 1.16. The number of nitrogens with one attached hydrogen (secondary N) is 2.